The number of methoxy groups -OCH3 is 1. The summed E-state index contributed by atoms with van der Waals surface area (Å²) in [6.07, 6.45) is 2.85. The number of hydrogen-bond donors (Lipinski definition) is 2. The van der Waals surface area contributed by atoms with Gasteiger partial charge in [-0.2, -0.15) is 0 Å². The van der Waals surface area contributed by atoms with E-state index in [2.05, 4.69) is 37.9 Å². The predicted octanol–water partition coefficient (Wildman–Crippen LogP) is 5.52. The summed E-state index contributed by atoms with van der Waals surface area (Å²) < 4.78 is 11.8. The van der Waals surface area contributed by atoms with Gasteiger partial charge in [-0.05, 0) is 65.6 Å². The number of amides is 2. The van der Waals surface area contributed by atoms with Crippen LogP contribution in [0.5, 0.6) is 11.5 Å². The van der Waals surface area contributed by atoms with Crippen molar-refractivity contribution >= 4 is 34.6 Å². The first-order valence-electron chi connectivity index (χ1n) is 11.6. The molecule has 1 aromatic heterocycles. The zero-order valence-electron chi connectivity index (χ0n) is 20.0. The van der Waals surface area contributed by atoms with E-state index < -0.39 is 12.1 Å². The molecule has 0 saturated carbocycles. The fraction of sp³-hybridized carbons (Fsp3) is 0.346. The lowest BCUT2D eigenvalue weighted by atomic mass is 10.0. The Morgan fingerprint density at radius 1 is 1.20 bits per heavy atom. The Hall–Kier alpha value is -3.08. The molecule has 0 radical (unpaired) electrons. The second kappa shape index (κ2) is 11.1. The maximum absolute atomic E-state index is 13.4. The zero-order chi connectivity index (χ0) is 24.9. The van der Waals surface area contributed by atoms with Crippen LogP contribution in [0.2, 0.25) is 0 Å². The number of halogens is 1. The third-order valence-corrected chi connectivity index (χ3v) is 6.94. The molecule has 0 spiro atoms. The van der Waals surface area contributed by atoms with Crippen LogP contribution < -0.4 is 10.1 Å². The van der Waals surface area contributed by atoms with E-state index in [1.807, 2.05) is 62.4 Å². The number of para-hydroxylation sites is 1. The molecule has 1 aliphatic rings. The largest absolute Gasteiger partial charge is 0.456 e. The van der Waals surface area contributed by atoms with Gasteiger partial charge in [0.2, 0.25) is 5.91 Å². The monoisotopic (exact) mass is 588 g/mol. The summed E-state index contributed by atoms with van der Waals surface area (Å²) in [5.41, 5.74) is 1.79. The van der Waals surface area contributed by atoms with Crippen molar-refractivity contribution < 1.29 is 19.1 Å². The van der Waals surface area contributed by atoms with Gasteiger partial charge in [0.15, 0.2) is 0 Å². The minimum absolute atomic E-state index is 0.0789. The second-order valence-corrected chi connectivity index (χ2v) is 9.95. The second-order valence-electron chi connectivity index (χ2n) is 8.79. The van der Waals surface area contributed by atoms with Crippen molar-refractivity contribution in [2.24, 2.45) is 5.92 Å². The van der Waals surface area contributed by atoms with E-state index >= 15 is 0 Å². The lowest BCUT2D eigenvalue weighted by Crippen LogP contribution is -2.51. The molecule has 1 fully saturated rings. The number of rotatable bonds is 7. The van der Waals surface area contributed by atoms with Crippen LogP contribution in [0.4, 0.5) is 4.79 Å². The van der Waals surface area contributed by atoms with Crippen LogP contribution in [0, 0.1) is 9.49 Å². The highest BCUT2D eigenvalue weighted by molar-refractivity contribution is 14.1. The Bertz CT molecular complexity index is 1180. The fourth-order valence-electron chi connectivity index (χ4n) is 4.21. The van der Waals surface area contributed by atoms with Crippen LogP contribution in [0.3, 0.4) is 0 Å². The van der Waals surface area contributed by atoms with Gasteiger partial charge < -0.3 is 24.7 Å². The van der Waals surface area contributed by atoms with Crippen molar-refractivity contribution in [1.29, 1.82) is 0 Å². The number of ether oxygens (including phenoxy) is 2. The summed E-state index contributed by atoms with van der Waals surface area (Å²) in [4.78, 5) is 35.0. The summed E-state index contributed by atoms with van der Waals surface area (Å²) in [6, 6.07) is 14.8. The standard InChI is InChI=1S/C26H29IN4O4/c1-16(2)23(30-26(33)34-3)25(32)31-13-7-10-21(31)24-28-15-20(29-24)17-11-12-19(27)22(14-17)35-18-8-5-4-6-9-18/h4-6,8-9,11-12,14-16,21,23H,7,10,13H2,1-3H3,(H,28,29)(H,30,33)/t21?,23-/m0/s1. The van der Waals surface area contributed by atoms with Crippen LogP contribution in [-0.2, 0) is 9.53 Å². The highest BCUT2D eigenvalue weighted by Crippen LogP contribution is 2.34. The highest BCUT2D eigenvalue weighted by Gasteiger charge is 2.37. The summed E-state index contributed by atoms with van der Waals surface area (Å²) in [7, 11) is 1.29. The smallest absolute Gasteiger partial charge is 0.407 e. The van der Waals surface area contributed by atoms with E-state index in [-0.39, 0.29) is 17.9 Å². The molecule has 0 bridgehead atoms. The van der Waals surface area contributed by atoms with E-state index in [0.29, 0.717) is 6.54 Å². The average molecular weight is 588 g/mol. The quantitative estimate of drug-likeness (QED) is 0.355. The van der Waals surface area contributed by atoms with Crippen molar-refractivity contribution in [1.82, 2.24) is 20.2 Å². The molecule has 2 atom stereocenters. The van der Waals surface area contributed by atoms with Gasteiger partial charge in [-0.15, -0.1) is 0 Å². The number of aromatic amines is 1. The topological polar surface area (TPSA) is 96.6 Å². The Labute approximate surface area is 218 Å². The lowest BCUT2D eigenvalue weighted by Gasteiger charge is -2.30. The molecule has 2 N–H and O–H groups in total. The van der Waals surface area contributed by atoms with Gasteiger partial charge in [0, 0.05) is 12.1 Å². The molecule has 9 heteroatoms. The van der Waals surface area contributed by atoms with Crippen LogP contribution in [0.25, 0.3) is 11.3 Å². The van der Waals surface area contributed by atoms with Gasteiger partial charge in [0.25, 0.3) is 0 Å². The molecule has 2 aromatic carbocycles. The zero-order valence-corrected chi connectivity index (χ0v) is 22.1. The number of nitrogens with zero attached hydrogens (tertiary/aromatic N) is 2. The van der Waals surface area contributed by atoms with E-state index in [1.54, 1.807) is 11.1 Å². The third-order valence-electron chi connectivity index (χ3n) is 6.05. The third kappa shape index (κ3) is 5.77. The van der Waals surface area contributed by atoms with Gasteiger partial charge in [0.1, 0.15) is 23.4 Å². The van der Waals surface area contributed by atoms with Crippen molar-refractivity contribution in [2.45, 2.75) is 38.8 Å². The van der Waals surface area contributed by atoms with Crippen LogP contribution >= 0.6 is 22.6 Å². The molecule has 2 heterocycles. The van der Waals surface area contributed by atoms with Gasteiger partial charge in [-0.1, -0.05) is 38.1 Å². The Balaban J connectivity index is 1.54. The number of imidazole rings is 1. The number of carbonyl (C=O) groups excluding carboxylic acids is 2. The lowest BCUT2D eigenvalue weighted by molar-refractivity contribution is -0.135. The van der Waals surface area contributed by atoms with Crippen molar-refractivity contribution in [2.75, 3.05) is 13.7 Å². The van der Waals surface area contributed by atoms with Gasteiger partial charge >= 0.3 is 6.09 Å². The Morgan fingerprint density at radius 2 is 1.97 bits per heavy atom. The summed E-state index contributed by atoms with van der Waals surface area (Å²) in [5, 5.41) is 2.68. The summed E-state index contributed by atoms with van der Waals surface area (Å²) >= 11 is 2.26. The molecular formula is C26H29IN4O4. The predicted molar refractivity (Wildman–Crippen MR) is 141 cm³/mol. The fourth-order valence-corrected chi connectivity index (χ4v) is 4.66. The first kappa shape index (κ1) is 25.0. The molecule has 1 unspecified atom stereocenters. The van der Waals surface area contributed by atoms with E-state index in [4.69, 9.17) is 9.47 Å². The van der Waals surface area contributed by atoms with Gasteiger partial charge in [-0.25, -0.2) is 9.78 Å². The van der Waals surface area contributed by atoms with Crippen LogP contribution in [-0.4, -0.2) is 46.6 Å². The summed E-state index contributed by atoms with van der Waals surface area (Å²) in [5.74, 6) is 2.06. The maximum Gasteiger partial charge on any atom is 0.407 e. The molecule has 3 aromatic rings. The Kier molecular flexibility index (Phi) is 7.94. The molecule has 2 amide bonds. The number of nitrogens with one attached hydrogen (secondary N) is 2. The maximum atomic E-state index is 13.4. The number of likely N-dealkylation sites (tertiary alicyclic amines) is 1. The van der Waals surface area contributed by atoms with Gasteiger partial charge in [-0.3, -0.25) is 4.79 Å². The van der Waals surface area contributed by atoms with Gasteiger partial charge in [0.05, 0.1) is 28.6 Å². The first-order chi connectivity index (χ1) is 16.9. The van der Waals surface area contributed by atoms with E-state index in [0.717, 1.165) is 45.0 Å². The minimum Gasteiger partial charge on any atom is -0.456 e. The number of carbonyl (C=O) groups is 2. The molecule has 184 valence electrons. The minimum atomic E-state index is -0.661. The van der Waals surface area contributed by atoms with Crippen molar-refractivity contribution in [3.63, 3.8) is 0 Å². The molecule has 8 nitrogen and oxygen atoms in total. The number of benzene rings is 2. The highest BCUT2D eigenvalue weighted by atomic mass is 127. The number of hydrogen-bond acceptors (Lipinski definition) is 5. The van der Waals surface area contributed by atoms with E-state index in [1.165, 1.54) is 7.11 Å². The van der Waals surface area contributed by atoms with E-state index in [9.17, 15) is 9.59 Å². The van der Waals surface area contributed by atoms with Crippen molar-refractivity contribution in [3.8, 4) is 22.8 Å². The first-order valence-corrected chi connectivity index (χ1v) is 12.7. The summed E-state index contributed by atoms with van der Waals surface area (Å²) in [6.45, 7) is 4.42. The molecule has 35 heavy (non-hydrogen) atoms. The van der Waals surface area contributed by atoms with Crippen LogP contribution in [0.15, 0.2) is 54.7 Å². The number of alkyl carbamates (subject to hydrolysis) is 1. The number of H-pyrrole nitrogens is 1. The molecular weight excluding hydrogens is 559 g/mol. The normalized spacial score (nSPS) is 16.3. The molecule has 1 saturated heterocycles. The number of aromatic nitrogens is 2. The SMILES string of the molecule is COC(=O)N[C@H](C(=O)N1CCCC1c1ncc(-c2ccc(I)c(Oc3ccccc3)c2)[nH]1)C(C)C. The average Bonchev–Trinajstić information content (AvgIpc) is 3.53. The molecule has 1 aliphatic heterocycles. The molecule has 4 rings (SSSR count). The van der Waals surface area contributed by atoms with Crippen molar-refractivity contribution in [3.05, 3.63) is 64.1 Å². The van der Waals surface area contributed by atoms with Crippen LogP contribution in [0.1, 0.15) is 38.6 Å². The Morgan fingerprint density at radius 3 is 2.69 bits per heavy atom. The molecule has 0 aliphatic carbocycles.